The van der Waals surface area contributed by atoms with Crippen LogP contribution in [-0.2, 0) is 17.8 Å². The summed E-state index contributed by atoms with van der Waals surface area (Å²) in [6.07, 6.45) is 8.76. The fraction of sp³-hybridized carbons (Fsp3) is 0.636. The standard InChI is InChI=1S/C11H16N2O2/c14-11(15)7-10-12-5-6-13(10)8-9-3-1-2-4-9/h5-6,9H,1-4,7-8H2,(H,14,15). The van der Waals surface area contributed by atoms with Crippen molar-refractivity contribution >= 4 is 5.97 Å². The highest BCUT2D eigenvalue weighted by atomic mass is 16.4. The molecule has 0 radical (unpaired) electrons. The minimum Gasteiger partial charge on any atom is -0.481 e. The maximum atomic E-state index is 10.6. The zero-order valence-electron chi connectivity index (χ0n) is 8.72. The number of aromatic nitrogens is 2. The van der Waals surface area contributed by atoms with Crippen LogP contribution in [0.1, 0.15) is 31.5 Å². The molecule has 0 aromatic carbocycles. The largest absolute Gasteiger partial charge is 0.481 e. The van der Waals surface area contributed by atoms with Crippen molar-refractivity contribution in [1.82, 2.24) is 9.55 Å². The van der Waals surface area contributed by atoms with Gasteiger partial charge in [0.15, 0.2) is 0 Å². The second kappa shape index (κ2) is 4.47. The van der Waals surface area contributed by atoms with Crippen LogP contribution >= 0.6 is 0 Å². The molecule has 4 nitrogen and oxygen atoms in total. The molecule has 1 saturated carbocycles. The number of hydrogen-bond acceptors (Lipinski definition) is 2. The summed E-state index contributed by atoms with van der Waals surface area (Å²) in [6.45, 7) is 0.933. The van der Waals surface area contributed by atoms with E-state index in [1.165, 1.54) is 25.7 Å². The minimum absolute atomic E-state index is 0.0275. The van der Waals surface area contributed by atoms with Gasteiger partial charge in [0.2, 0.25) is 0 Å². The molecule has 1 aromatic rings. The van der Waals surface area contributed by atoms with E-state index in [2.05, 4.69) is 4.98 Å². The van der Waals surface area contributed by atoms with Crippen molar-refractivity contribution in [3.8, 4) is 0 Å². The average molecular weight is 208 g/mol. The normalized spacial score (nSPS) is 17.1. The number of nitrogens with zero attached hydrogens (tertiary/aromatic N) is 2. The van der Waals surface area contributed by atoms with Crippen LogP contribution in [0.3, 0.4) is 0 Å². The fourth-order valence-electron chi connectivity index (χ4n) is 2.28. The molecular weight excluding hydrogens is 192 g/mol. The molecule has 0 spiro atoms. The molecule has 1 fully saturated rings. The molecule has 1 aromatic heterocycles. The highest BCUT2D eigenvalue weighted by Gasteiger charge is 2.17. The van der Waals surface area contributed by atoms with Gasteiger partial charge < -0.3 is 9.67 Å². The third kappa shape index (κ3) is 2.58. The van der Waals surface area contributed by atoms with Crippen LogP contribution in [0.15, 0.2) is 12.4 Å². The van der Waals surface area contributed by atoms with Gasteiger partial charge in [-0.25, -0.2) is 4.98 Å². The Kier molecular flexibility index (Phi) is 3.04. The van der Waals surface area contributed by atoms with Crippen molar-refractivity contribution in [3.05, 3.63) is 18.2 Å². The minimum atomic E-state index is -0.811. The molecule has 1 aliphatic rings. The van der Waals surface area contributed by atoms with Gasteiger partial charge in [0, 0.05) is 18.9 Å². The monoisotopic (exact) mass is 208 g/mol. The Hall–Kier alpha value is -1.32. The second-order valence-electron chi connectivity index (χ2n) is 4.22. The Morgan fingerprint density at radius 3 is 2.93 bits per heavy atom. The number of carboxylic acids is 1. The van der Waals surface area contributed by atoms with Gasteiger partial charge in [-0.1, -0.05) is 12.8 Å². The molecule has 0 aliphatic heterocycles. The second-order valence-corrected chi connectivity index (χ2v) is 4.22. The summed E-state index contributed by atoms with van der Waals surface area (Å²) < 4.78 is 1.99. The lowest BCUT2D eigenvalue weighted by Crippen LogP contribution is -2.13. The van der Waals surface area contributed by atoms with Crippen molar-refractivity contribution in [1.29, 1.82) is 0 Å². The molecule has 0 amide bonds. The zero-order chi connectivity index (χ0) is 10.7. The first-order chi connectivity index (χ1) is 7.25. The third-order valence-corrected chi connectivity index (χ3v) is 3.04. The quantitative estimate of drug-likeness (QED) is 0.819. The van der Waals surface area contributed by atoms with Gasteiger partial charge in [0.1, 0.15) is 12.2 Å². The molecule has 82 valence electrons. The summed E-state index contributed by atoms with van der Waals surface area (Å²) >= 11 is 0. The summed E-state index contributed by atoms with van der Waals surface area (Å²) in [5.74, 6) is 0.579. The van der Waals surface area contributed by atoms with Gasteiger partial charge in [0.25, 0.3) is 0 Å². The topological polar surface area (TPSA) is 55.1 Å². The number of rotatable bonds is 4. The van der Waals surface area contributed by atoms with Crippen LogP contribution in [0.25, 0.3) is 0 Å². The lowest BCUT2D eigenvalue weighted by atomic mass is 10.1. The third-order valence-electron chi connectivity index (χ3n) is 3.04. The van der Waals surface area contributed by atoms with Gasteiger partial charge in [0.05, 0.1) is 0 Å². The van der Waals surface area contributed by atoms with E-state index in [0.717, 1.165) is 6.54 Å². The van der Waals surface area contributed by atoms with E-state index >= 15 is 0 Å². The van der Waals surface area contributed by atoms with Crippen LogP contribution in [0.4, 0.5) is 0 Å². The number of aliphatic carboxylic acids is 1. The maximum Gasteiger partial charge on any atom is 0.311 e. The van der Waals surface area contributed by atoms with Gasteiger partial charge in [-0.2, -0.15) is 0 Å². The lowest BCUT2D eigenvalue weighted by molar-refractivity contribution is -0.136. The number of carboxylic acid groups (broad SMARTS) is 1. The highest BCUT2D eigenvalue weighted by molar-refractivity contribution is 5.69. The van der Waals surface area contributed by atoms with Crippen LogP contribution in [0.5, 0.6) is 0 Å². The molecule has 1 aliphatic carbocycles. The Balaban J connectivity index is 2.00. The van der Waals surface area contributed by atoms with Gasteiger partial charge in [-0.05, 0) is 18.8 Å². The molecule has 0 bridgehead atoms. The van der Waals surface area contributed by atoms with E-state index in [-0.39, 0.29) is 6.42 Å². The SMILES string of the molecule is O=C(O)Cc1nccn1CC1CCCC1. The molecular formula is C11H16N2O2. The molecule has 0 atom stereocenters. The zero-order valence-corrected chi connectivity index (χ0v) is 8.72. The molecule has 0 unspecified atom stereocenters. The van der Waals surface area contributed by atoms with Crippen LogP contribution in [0.2, 0.25) is 0 Å². The smallest absolute Gasteiger partial charge is 0.311 e. The molecule has 1 N–H and O–H groups in total. The van der Waals surface area contributed by atoms with Gasteiger partial charge in [-0.15, -0.1) is 0 Å². The Labute approximate surface area is 88.9 Å². The van der Waals surface area contributed by atoms with E-state index < -0.39 is 5.97 Å². The molecule has 1 heterocycles. The van der Waals surface area contributed by atoms with Crippen LogP contribution in [-0.4, -0.2) is 20.6 Å². The number of imidazole rings is 1. The van der Waals surface area contributed by atoms with E-state index in [0.29, 0.717) is 11.7 Å². The van der Waals surface area contributed by atoms with Crippen LogP contribution < -0.4 is 0 Å². The summed E-state index contributed by atoms with van der Waals surface area (Å²) in [6, 6.07) is 0. The van der Waals surface area contributed by atoms with E-state index in [1.807, 2.05) is 10.8 Å². The van der Waals surface area contributed by atoms with Crippen LogP contribution in [0, 0.1) is 5.92 Å². The number of hydrogen-bond donors (Lipinski definition) is 1. The molecule has 15 heavy (non-hydrogen) atoms. The van der Waals surface area contributed by atoms with Crippen molar-refractivity contribution in [2.45, 2.75) is 38.6 Å². The summed E-state index contributed by atoms with van der Waals surface area (Å²) in [5.41, 5.74) is 0. The first-order valence-electron chi connectivity index (χ1n) is 5.47. The van der Waals surface area contributed by atoms with Gasteiger partial charge in [-0.3, -0.25) is 4.79 Å². The van der Waals surface area contributed by atoms with Crippen molar-refractivity contribution < 1.29 is 9.90 Å². The predicted molar refractivity (Wildman–Crippen MR) is 55.5 cm³/mol. The highest BCUT2D eigenvalue weighted by Crippen LogP contribution is 2.26. The summed E-state index contributed by atoms with van der Waals surface area (Å²) in [5, 5.41) is 8.72. The molecule has 4 heteroatoms. The van der Waals surface area contributed by atoms with E-state index in [1.54, 1.807) is 6.20 Å². The maximum absolute atomic E-state index is 10.6. The first-order valence-corrected chi connectivity index (χ1v) is 5.47. The number of carbonyl (C=O) groups is 1. The fourth-order valence-corrected chi connectivity index (χ4v) is 2.28. The van der Waals surface area contributed by atoms with E-state index in [4.69, 9.17) is 5.11 Å². The van der Waals surface area contributed by atoms with Crippen molar-refractivity contribution in [3.63, 3.8) is 0 Å². The Morgan fingerprint density at radius 1 is 1.53 bits per heavy atom. The van der Waals surface area contributed by atoms with Crippen molar-refractivity contribution in [2.75, 3.05) is 0 Å². The Morgan fingerprint density at radius 2 is 2.27 bits per heavy atom. The van der Waals surface area contributed by atoms with E-state index in [9.17, 15) is 4.79 Å². The summed E-state index contributed by atoms with van der Waals surface area (Å²) in [4.78, 5) is 14.7. The van der Waals surface area contributed by atoms with Gasteiger partial charge >= 0.3 is 5.97 Å². The molecule has 2 rings (SSSR count). The average Bonchev–Trinajstić information content (AvgIpc) is 2.78. The summed E-state index contributed by atoms with van der Waals surface area (Å²) in [7, 11) is 0. The predicted octanol–water partition coefficient (Wildman–Crippen LogP) is 1.70. The first kappa shape index (κ1) is 10.2. The Bertz CT molecular complexity index is 340. The lowest BCUT2D eigenvalue weighted by Gasteiger charge is -2.11. The molecule has 0 saturated heterocycles. The van der Waals surface area contributed by atoms with Crippen molar-refractivity contribution in [2.24, 2.45) is 5.92 Å².